The normalized spacial score (nSPS) is 14.5. The van der Waals surface area contributed by atoms with E-state index in [1.807, 2.05) is 42.1 Å². The fourth-order valence-corrected chi connectivity index (χ4v) is 4.30. The van der Waals surface area contributed by atoms with Gasteiger partial charge in [-0.3, -0.25) is 24.6 Å². The van der Waals surface area contributed by atoms with Gasteiger partial charge in [0.15, 0.2) is 0 Å². The van der Waals surface area contributed by atoms with Gasteiger partial charge in [0.1, 0.15) is 0 Å². The van der Waals surface area contributed by atoms with Crippen molar-refractivity contribution in [2.45, 2.75) is 0 Å². The molecule has 0 aliphatic carbocycles. The molecule has 0 atom stereocenters. The van der Waals surface area contributed by atoms with Crippen molar-refractivity contribution >= 4 is 50.5 Å². The largest absolute Gasteiger partial charge is 0.350 e. The number of rotatable bonds is 3. The van der Waals surface area contributed by atoms with Crippen LogP contribution in [-0.4, -0.2) is 30.8 Å². The van der Waals surface area contributed by atoms with Gasteiger partial charge in [0.05, 0.1) is 21.6 Å². The van der Waals surface area contributed by atoms with Gasteiger partial charge in [0, 0.05) is 73.1 Å². The van der Waals surface area contributed by atoms with Crippen LogP contribution in [0.15, 0.2) is 54.9 Å². The van der Waals surface area contributed by atoms with Crippen LogP contribution < -0.4 is 0 Å². The summed E-state index contributed by atoms with van der Waals surface area (Å²) in [7, 11) is 7.28. The van der Waals surface area contributed by atoms with E-state index in [4.69, 9.17) is 0 Å². The van der Waals surface area contributed by atoms with Crippen LogP contribution in [0.25, 0.3) is 33.0 Å². The van der Waals surface area contributed by atoms with Crippen LogP contribution in [-0.2, 0) is 23.7 Å². The van der Waals surface area contributed by atoms with Gasteiger partial charge in [-0.25, -0.2) is 0 Å². The molecule has 0 bridgehead atoms. The molecular weight excluding hydrogens is 396 g/mol. The number of carbonyl (C=O) groups excluding carboxylic acids is 2. The second kappa shape index (κ2) is 6.40. The number of nitrogens with zero attached hydrogens (tertiary/aromatic N) is 4. The Kier molecular flexibility index (Phi) is 3.88. The maximum absolute atomic E-state index is 13.1. The van der Waals surface area contributed by atoms with Crippen LogP contribution in [0, 0.1) is 17.2 Å². The second-order valence-corrected chi connectivity index (χ2v) is 7.57. The lowest BCUT2D eigenvalue weighted by Crippen LogP contribution is -2.24. The Balaban J connectivity index is 1.85. The minimum Gasteiger partial charge on any atom is -0.350 e. The number of nitro groups is 1. The molecule has 1 radical (unpaired) electrons. The van der Waals surface area contributed by atoms with Gasteiger partial charge in [-0.15, -0.1) is 0 Å². The zero-order chi connectivity index (χ0) is 22.0. The van der Waals surface area contributed by atoms with Gasteiger partial charge in [0.25, 0.3) is 17.5 Å². The molecule has 4 aromatic rings. The lowest BCUT2D eigenvalue weighted by atomic mass is 9.95. The Morgan fingerprint density at radius 3 is 2.00 bits per heavy atom. The molecule has 31 heavy (non-hydrogen) atoms. The van der Waals surface area contributed by atoms with Crippen molar-refractivity contribution in [3.8, 4) is 0 Å². The number of amides is 2. The number of hydrogen-bond acceptors (Lipinski definition) is 4. The molecule has 8 heteroatoms. The van der Waals surface area contributed by atoms with E-state index in [1.165, 1.54) is 12.1 Å². The molecule has 0 saturated carbocycles. The molecule has 1 aliphatic rings. The summed E-state index contributed by atoms with van der Waals surface area (Å²) in [6.45, 7) is 0. The third-order valence-electron chi connectivity index (χ3n) is 5.79. The minimum atomic E-state index is -0.501. The maximum Gasteiger partial charge on any atom is 0.271 e. The molecule has 0 N–H and O–H groups in total. The van der Waals surface area contributed by atoms with Crippen molar-refractivity contribution in [3.63, 3.8) is 0 Å². The van der Waals surface area contributed by atoms with Crippen molar-refractivity contribution < 1.29 is 14.5 Å². The number of carbonyl (C=O) groups is 2. The quantitative estimate of drug-likeness (QED) is 0.291. The molecule has 2 aromatic heterocycles. The molecule has 3 heterocycles. The fraction of sp³-hybridized carbons (Fsp3) is 0.0870. The van der Waals surface area contributed by atoms with E-state index in [2.05, 4.69) is 7.05 Å². The predicted molar refractivity (Wildman–Crippen MR) is 117 cm³/mol. The van der Waals surface area contributed by atoms with E-state index in [0.717, 1.165) is 15.8 Å². The highest BCUT2D eigenvalue weighted by atomic mass is 16.6. The number of imide groups is 1. The van der Waals surface area contributed by atoms with Crippen molar-refractivity contribution in [2.24, 2.45) is 14.1 Å². The van der Waals surface area contributed by atoms with E-state index in [9.17, 15) is 19.7 Å². The van der Waals surface area contributed by atoms with Gasteiger partial charge < -0.3 is 9.13 Å². The molecule has 2 amide bonds. The van der Waals surface area contributed by atoms with Gasteiger partial charge in [0.2, 0.25) is 0 Å². The zero-order valence-corrected chi connectivity index (χ0v) is 16.8. The molecule has 153 valence electrons. The number of aryl methyl sites for hydroxylation is 2. The monoisotopic (exact) mass is 413 g/mol. The summed E-state index contributed by atoms with van der Waals surface area (Å²) < 4.78 is 3.63. The number of benzene rings is 2. The van der Waals surface area contributed by atoms with E-state index < -0.39 is 16.7 Å². The van der Waals surface area contributed by atoms with Crippen molar-refractivity contribution in [1.82, 2.24) is 14.0 Å². The summed E-state index contributed by atoms with van der Waals surface area (Å²) in [6, 6.07) is 12.1. The lowest BCUT2D eigenvalue weighted by molar-refractivity contribution is -0.384. The van der Waals surface area contributed by atoms with Crippen molar-refractivity contribution in [1.29, 1.82) is 0 Å². The zero-order valence-electron chi connectivity index (χ0n) is 16.8. The maximum atomic E-state index is 13.1. The number of hydrogen-bond donors (Lipinski definition) is 0. The van der Waals surface area contributed by atoms with E-state index in [-0.39, 0.29) is 16.8 Å². The van der Waals surface area contributed by atoms with Gasteiger partial charge in [-0.05, 0) is 12.1 Å². The first-order valence-electron chi connectivity index (χ1n) is 9.51. The summed E-state index contributed by atoms with van der Waals surface area (Å²) in [5, 5.41) is 12.7. The van der Waals surface area contributed by atoms with Crippen molar-refractivity contribution in [2.75, 3.05) is 0 Å². The van der Waals surface area contributed by atoms with Gasteiger partial charge in [-0.2, -0.15) is 0 Å². The van der Waals surface area contributed by atoms with Crippen LogP contribution >= 0.6 is 0 Å². The van der Waals surface area contributed by atoms with E-state index in [0.29, 0.717) is 22.0 Å². The number of fused-ring (bicyclic) bond motifs is 2. The molecule has 0 saturated heterocycles. The Morgan fingerprint density at radius 1 is 0.839 bits per heavy atom. The topological polar surface area (TPSA) is 90.4 Å². The van der Waals surface area contributed by atoms with E-state index >= 15 is 0 Å². The first-order valence-corrected chi connectivity index (χ1v) is 9.51. The van der Waals surface area contributed by atoms with Crippen LogP contribution in [0.3, 0.4) is 0 Å². The fourth-order valence-electron chi connectivity index (χ4n) is 4.30. The summed E-state index contributed by atoms with van der Waals surface area (Å²) in [5.41, 5.74) is 3.20. The number of para-hydroxylation sites is 1. The van der Waals surface area contributed by atoms with Crippen LogP contribution in [0.1, 0.15) is 11.1 Å². The Bertz CT molecular complexity index is 1490. The third kappa shape index (κ3) is 2.54. The van der Waals surface area contributed by atoms with Crippen LogP contribution in [0.2, 0.25) is 0 Å². The first-order chi connectivity index (χ1) is 14.8. The number of nitro benzene ring substituents is 1. The molecular formula is C23H17N4O4. The SMILES string of the molecule is [CH2]N1C(=O)C(c2cn(C)c3ccccc23)=C(c2cn(C)c3cc([N+](=O)[O-])ccc23)C1=O. The Hall–Kier alpha value is -4.20. The lowest BCUT2D eigenvalue weighted by Gasteiger charge is -2.05. The Labute approximate surface area is 176 Å². The summed E-state index contributed by atoms with van der Waals surface area (Å²) in [5.74, 6) is -0.978. The highest BCUT2D eigenvalue weighted by molar-refractivity contribution is 6.50. The van der Waals surface area contributed by atoms with Crippen LogP contribution in [0.5, 0.6) is 0 Å². The standard InChI is InChI=1S/C23H17N4O4/c1-24-11-16(14-6-4-5-7-18(14)24)20-21(23(29)26(3)22(20)28)17-12-25(2)19-10-13(27(30)31)8-9-15(17)19/h4-12H,3H2,1-2H3. The smallest absolute Gasteiger partial charge is 0.271 e. The number of aromatic nitrogens is 2. The highest BCUT2D eigenvalue weighted by Gasteiger charge is 2.39. The molecule has 5 rings (SSSR count). The van der Waals surface area contributed by atoms with Crippen molar-refractivity contribution in [3.05, 3.63) is 83.1 Å². The molecule has 0 spiro atoms. The summed E-state index contributed by atoms with van der Waals surface area (Å²) >= 11 is 0. The van der Waals surface area contributed by atoms with Gasteiger partial charge >= 0.3 is 0 Å². The van der Waals surface area contributed by atoms with E-state index in [1.54, 1.807) is 23.9 Å². The summed E-state index contributed by atoms with van der Waals surface area (Å²) in [4.78, 5) is 37.8. The van der Waals surface area contributed by atoms with Gasteiger partial charge in [-0.1, -0.05) is 18.2 Å². The molecule has 2 aromatic carbocycles. The molecule has 0 unspecified atom stereocenters. The molecule has 8 nitrogen and oxygen atoms in total. The minimum absolute atomic E-state index is 0.0453. The molecule has 0 fully saturated rings. The van der Waals surface area contributed by atoms with Crippen LogP contribution in [0.4, 0.5) is 5.69 Å². The number of non-ortho nitro benzene ring substituents is 1. The average molecular weight is 413 g/mol. The predicted octanol–water partition coefficient (Wildman–Crippen LogP) is 3.65. The highest BCUT2D eigenvalue weighted by Crippen LogP contribution is 2.41. The second-order valence-electron chi connectivity index (χ2n) is 7.57. The average Bonchev–Trinajstić information content (AvgIpc) is 3.34. The first kappa shape index (κ1) is 18.8. The summed E-state index contributed by atoms with van der Waals surface area (Å²) in [6.07, 6.45) is 3.56. The molecule has 1 aliphatic heterocycles. The Morgan fingerprint density at radius 2 is 1.39 bits per heavy atom. The third-order valence-corrected chi connectivity index (χ3v) is 5.79.